The van der Waals surface area contributed by atoms with Gasteiger partial charge >= 0.3 is 0 Å². The van der Waals surface area contributed by atoms with E-state index < -0.39 is 9.84 Å². The zero-order chi connectivity index (χ0) is 16.2. The van der Waals surface area contributed by atoms with Crippen LogP contribution in [0.3, 0.4) is 0 Å². The molecule has 7 heteroatoms. The quantitative estimate of drug-likeness (QED) is 0.848. The number of hydrogen-bond donors (Lipinski definition) is 1. The van der Waals surface area contributed by atoms with E-state index >= 15 is 0 Å². The average molecular weight is 326 g/mol. The second-order valence-electron chi connectivity index (χ2n) is 5.37. The molecule has 0 spiro atoms. The molecule has 2 rings (SSSR count). The highest BCUT2D eigenvalue weighted by atomic mass is 32.2. The summed E-state index contributed by atoms with van der Waals surface area (Å²) in [5.41, 5.74) is 0.823. The molecule has 1 unspecified atom stereocenters. The third kappa shape index (κ3) is 4.37. The van der Waals surface area contributed by atoms with Crippen molar-refractivity contribution in [3.63, 3.8) is 0 Å². The highest BCUT2D eigenvalue weighted by molar-refractivity contribution is 7.91. The van der Waals surface area contributed by atoms with Crippen molar-refractivity contribution in [1.82, 2.24) is 4.90 Å². The van der Waals surface area contributed by atoms with Crippen LogP contribution in [-0.2, 0) is 14.6 Å². The Hall–Kier alpha value is -1.76. The van der Waals surface area contributed by atoms with E-state index in [1.54, 1.807) is 7.05 Å². The largest absolute Gasteiger partial charge is 0.494 e. The fourth-order valence-electron chi connectivity index (χ4n) is 2.42. The van der Waals surface area contributed by atoms with Crippen LogP contribution in [0.1, 0.15) is 13.3 Å². The van der Waals surface area contributed by atoms with E-state index in [1.165, 1.54) is 4.90 Å². The Labute approximate surface area is 131 Å². The molecule has 1 aromatic rings. The van der Waals surface area contributed by atoms with Gasteiger partial charge < -0.3 is 15.0 Å². The van der Waals surface area contributed by atoms with Crippen LogP contribution >= 0.6 is 0 Å². The van der Waals surface area contributed by atoms with Gasteiger partial charge in [0.15, 0.2) is 9.84 Å². The highest BCUT2D eigenvalue weighted by Gasteiger charge is 2.32. The summed E-state index contributed by atoms with van der Waals surface area (Å²) >= 11 is 0. The Morgan fingerprint density at radius 3 is 2.59 bits per heavy atom. The van der Waals surface area contributed by atoms with Gasteiger partial charge in [-0.25, -0.2) is 8.42 Å². The summed E-state index contributed by atoms with van der Waals surface area (Å²) in [7, 11) is -1.32. The minimum absolute atomic E-state index is 0.0678. The van der Waals surface area contributed by atoms with E-state index in [1.807, 2.05) is 31.2 Å². The van der Waals surface area contributed by atoms with Crippen molar-refractivity contribution in [3.05, 3.63) is 24.3 Å². The van der Waals surface area contributed by atoms with Gasteiger partial charge in [-0.05, 0) is 37.6 Å². The summed E-state index contributed by atoms with van der Waals surface area (Å²) in [4.78, 5) is 13.7. The molecule has 1 N–H and O–H groups in total. The molecule has 0 aromatic heterocycles. The van der Waals surface area contributed by atoms with E-state index in [9.17, 15) is 13.2 Å². The smallest absolute Gasteiger partial charge is 0.241 e. The fourth-order valence-corrected chi connectivity index (χ4v) is 4.20. The van der Waals surface area contributed by atoms with E-state index in [2.05, 4.69) is 5.32 Å². The van der Waals surface area contributed by atoms with Gasteiger partial charge in [-0.1, -0.05) is 0 Å². The second-order valence-corrected chi connectivity index (χ2v) is 7.60. The van der Waals surface area contributed by atoms with Crippen molar-refractivity contribution in [2.45, 2.75) is 19.4 Å². The minimum Gasteiger partial charge on any atom is -0.494 e. The lowest BCUT2D eigenvalue weighted by Crippen LogP contribution is -2.40. The first-order valence-electron chi connectivity index (χ1n) is 7.34. The summed E-state index contributed by atoms with van der Waals surface area (Å²) in [6, 6.07) is 7.16. The third-order valence-corrected chi connectivity index (χ3v) is 5.51. The highest BCUT2D eigenvalue weighted by Crippen LogP contribution is 2.18. The van der Waals surface area contributed by atoms with Crippen LogP contribution < -0.4 is 10.1 Å². The lowest BCUT2D eigenvalue weighted by molar-refractivity contribution is -0.129. The van der Waals surface area contributed by atoms with Crippen molar-refractivity contribution < 1.29 is 17.9 Å². The summed E-state index contributed by atoms with van der Waals surface area (Å²) in [6.07, 6.45) is 0.521. The number of sulfone groups is 1. The average Bonchev–Trinajstić information content (AvgIpc) is 2.86. The zero-order valence-corrected chi connectivity index (χ0v) is 13.7. The molecule has 22 heavy (non-hydrogen) atoms. The summed E-state index contributed by atoms with van der Waals surface area (Å²) in [5, 5.41) is 3.04. The van der Waals surface area contributed by atoms with Gasteiger partial charge in [0.25, 0.3) is 0 Å². The first-order chi connectivity index (χ1) is 10.4. The third-order valence-electron chi connectivity index (χ3n) is 3.76. The number of benzene rings is 1. The number of anilines is 1. The summed E-state index contributed by atoms with van der Waals surface area (Å²) in [5.74, 6) is 0.906. The van der Waals surface area contributed by atoms with E-state index in [-0.39, 0.29) is 30.0 Å². The maximum atomic E-state index is 12.1. The number of rotatable bonds is 6. The van der Waals surface area contributed by atoms with Crippen molar-refractivity contribution in [1.29, 1.82) is 0 Å². The Morgan fingerprint density at radius 1 is 1.36 bits per heavy atom. The number of amides is 1. The summed E-state index contributed by atoms with van der Waals surface area (Å²) in [6.45, 7) is 2.67. The van der Waals surface area contributed by atoms with Crippen LogP contribution in [0, 0.1) is 0 Å². The van der Waals surface area contributed by atoms with Gasteiger partial charge in [-0.2, -0.15) is 0 Å². The van der Waals surface area contributed by atoms with E-state index in [4.69, 9.17) is 4.74 Å². The van der Waals surface area contributed by atoms with Crippen LogP contribution in [0.25, 0.3) is 0 Å². The van der Waals surface area contributed by atoms with E-state index in [0.717, 1.165) is 11.4 Å². The molecule has 1 saturated heterocycles. The molecule has 122 valence electrons. The Kier molecular flexibility index (Phi) is 5.28. The van der Waals surface area contributed by atoms with Gasteiger partial charge in [-0.15, -0.1) is 0 Å². The van der Waals surface area contributed by atoms with Gasteiger partial charge in [0.1, 0.15) is 5.75 Å². The molecule has 1 heterocycles. The van der Waals surface area contributed by atoms with Gasteiger partial charge in [0.05, 0.1) is 24.7 Å². The van der Waals surface area contributed by atoms with Crippen LogP contribution in [0.5, 0.6) is 5.75 Å². The molecular formula is C15H22N2O4S. The lowest BCUT2D eigenvalue weighted by atomic mass is 10.2. The number of nitrogens with one attached hydrogen (secondary N) is 1. The summed E-state index contributed by atoms with van der Waals surface area (Å²) < 4.78 is 28.3. The zero-order valence-electron chi connectivity index (χ0n) is 12.9. The first-order valence-corrected chi connectivity index (χ1v) is 9.16. The number of carbonyl (C=O) groups is 1. The van der Waals surface area contributed by atoms with Crippen molar-refractivity contribution in [2.24, 2.45) is 0 Å². The second kappa shape index (κ2) is 7.00. The molecule has 0 radical (unpaired) electrons. The molecule has 1 fully saturated rings. The van der Waals surface area contributed by atoms with Crippen molar-refractivity contribution in [2.75, 3.05) is 37.0 Å². The lowest BCUT2D eigenvalue weighted by Gasteiger charge is -2.23. The van der Waals surface area contributed by atoms with Crippen LogP contribution in [0.15, 0.2) is 24.3 Å². The predicted octanol–water partition coefficient (Wildman–Crippen LogP) is 1.14. The molecular weight excluding hydrogens is 304 g/mol. The minimum atomic E-state index is -2.98. The number of nitrogens with zero attached hydrogens (tertiary/aromatic N) is 1. The monoisotopic (exact) mass is 326 g/mol. The Bertz CT molecular complexity index is 613. The molecule has 6 nitrogen and oxygen atoms in total. The van der Waals surface area contributed by atoms with Crippen molar-refractivity contribution >= 4 is 21.4 Å². The Balaban J connectivity index is 1.84. The molecule has 1 aromatic carbocycles. The Morgan fingerprint density at radius 2 is 2.05 bits per heavy atom. The predicted molar refractivity (Wildman–Crippen MR) is 85.9 cm³/mol. The molecule has 1 aliphatic rings. The maximum absolute atomic E-state index is 12.1. The van der Waals surface area contributed by atoms with Crippen molar-refractivity contribution in [3.8, 4) is 5.75 Å². The first kappa shape index (κ1) is 16.6. The molecule has 0 bridgehead atoms. The number of carbonyl (C=O) groups excluding carboxylic acids is 1. The maximum Gasteiger partial charge on any atom is 0.241 e. The molecule has 1 aliphatic heterocycles. The van der Waals surface area contributed by atoms with Crippen LogP contribution in [0.4, 0.5) is 5.69 Å². The fraction of sp³-hybridized carbons (Fsp3) is 0.533. The standard InChI is InChI=1S/C15H22N2O4S/c1-3-21-14-6-4-12(5-7-14)16-10-15(18)17(2)13-8-9-22(19,20)11-13/h4-7,13,16H,3,8-11H2,1-2H3. The molecule has 1 amide bonds. The van der Waals surface area contributed by atoms with Crippen LogP contribution in [0.2, 0.25) is 0 Å². The SMILES string of the molecule is CCOc1ccc(NCC(=O)N(C)C2CCS(=O)(=O)C2)cc1. The number of hydrogen-bond acceptors (Lipinski definition) is 5. The topological polar surface area (TPSA) is 75.7 Å². The molecule has 0 aliphatic carbocycles. The molecule has 0 saturated carbocycles. The normalized spacial score (nSPS) is 19.6. The van der Waals surface area contributed by atoms with Gasteiger partial charge in [0.2, 0.25) is 5.91 Å². The van der Waals surface area contributed by atoms with Crippen LogP contribution in [-0.4, -0.2) is 57.0 Å². The van der Waals surface area contributed by atoms with Gasteiger partial charge in [0, 0.05) is 18.8 Å². The number of ether oxygens (including phenoxy) is 1. The molecule has 1 atom stereocenters. The van der Waals surface area contributed by atoms with Gasteiger partial charge in [-0.3, -0.25) is 4.79 Å². The number of likely N-dealkylation sites (N-methyl/N-ethyl adjacent to an activating group) is 1. The van der Waals surface area contributed by atoms with E-state index in [0.29, 0.717) is 13.0 Å².